The van der Waals surface area contributed by atoms with Crippen LogP contribution in [0.2, 0.25) is 0 Å². The summed E-state index contributed by atoms with van der Waals surface area (Å²) in [5.41, 5.74) is 1.89. The Bertz CT molecular complexity index is 815. The monoisotopic (exact) mass is 382 g/mol. The maximum absolute atomic E-state index is 12.6. The number of nitrogens with zero attached hydrogens (tertiary/aromatic N) is 2. The third-order valence-electron chi connectivity index (χ3n) is 4.99. The Kier molecular flexibility index (Phi) is 6.53. The van der Waals surface area contributed by atoms with E-state index in [-0.39, 0.29) is 11.8 Å². The molecule has 0 bridgehead atoms. The molecular weight excluding hydrogens is 356 g/mol. The summed E-state index contributed by atoms with van der Waals surface area (Å²) in [5, 5.41) is 0. The number of amides is 2. The minimum Gasteiger partial charge on any atom is -0.493 e. The Morgan fingerprint density at radius 3 is 1.82 bits per heavy atom. The molecule has 28 heavy (non-hydrogen) atoms. The van der Waals surface area contributed by atoms with Gasteiger partial charge in [0.2, 0.25) is 11.8 Å². The molecule has 148 valence electrons. The van der Waals surface area contributed by atoms with E-state index in [4.69, 9.17) is 9.47 Å². The summed E-state index contributed by atoms with van der Waals surface area (Å²) in [7, 11) is 3.16. The Morgan fingerprint density at radius 1 is 0.750 bits per heavy atom. The molecule has 6 heteroatoms. The van der Waals surface area contributed by atoms with Crippen LogP contribution in [0.5, 0.6) is 11.5 Å². The zero-order valence-electron chi connectivity index (χ0n) is 16.4. The van der Waals surface area contributed by atoms with Gasteiger partial charge in [0.15, 0.2) is 11.5 Å². The second kappa shape index (κ2) is 9.26. The van der Waals surface area contributed by atoms with Crippen LogP contribution >= 0.6 is 0 Å². The highest BCUT2D eigenvalue weighted by molar-refractivity contribution is 5.81. The predicted octanol–water partition coefficient (Wildman–Crippen LogP) is 2.16. The molecule has 1 aliphatic heterocycles. The first-order valence-corrected chi connectivity index (χ1v) is 9.41. The van der Waals surface area contributed by atoms with E-state index >= 15 is 0 Å². The second-order valence-electron chi connectivity index (χ2n) is 6.79. The van der Waals surface area contributed by atoms with Crippen LogP contribution in [0, 0.1) is 0 Å². The summed E-state index contributed by atoms with van der Waals surface area (Å²) in [6, 6.07) is 15.2. The van der Waals surface area contributed by atoms with E-state index in [0.29, 0.717) is 50.5 Å². The average Bonchev–Trinajstić information content (AvgIpc) is 2.74. The number of ether oxygens (including phenoxy) is 2. The SMILES string of the molecule is COc1ccc(CC(=O)N2CCN(C(=O)Cc3ccccc3)CC2)cc1OC. The Hall–Kier alpha value is -3.02. The van der Waals surface area contributed by atoms with Crippen molar-refractivity contribution in [2.45, 2.75) is 12.8 Å². The zero-order valence-corrected chi connectivity index (χ0v) is 16.4. The summed E-state index contributed by atoms with van der Waals surface area (Å²) in [6.07, 6.45) is 0.707. The third-order valence-corrected chi connectivity index (χ3v) is 4.99. The maximum atomic E-state index is 12.6. The first kappa shape index (κ1) is 19.7. The average molecular weight is 382 g/mol. The molecule has 1 fully saturated rings. The van der Waals surface area contributed by atoms with E-state index in [1.807, 2.05) is 58.3 Å². The molecule has 6 nitrogen and oxygen atoms in total. The maximum Gasteiger partial charge on any atom is 0.227 e. The van der Waals surface area contributed by atoms with Crippen LogP contribution in [-0.4, -0.2) is 62.0 Å². The molecule has 2 amide bonds. The van der Waals surface area contributed by atoms with E-state index < -0.39 is 0 Å². The van der Waals surface area contributed by atoms with Crippen molar-refractivity contribution in [3.8, 4) is 11.5 Å². The fourth-order valence-electron chi connectivity index (χ4n) is 3.36. The van der Waals surface area contributed by atoms with Gasteiger partial charge in [0.05, 0.1) is 27.1 Å². The lowest BCUT2D eigenvalue weighted by molar-refractivity contribution is -0.138. The van der Waals surface area contributed by atoms with E-state index in [0.717, 1.165) is 11.1 Å². The van der Waals surface area contributed by atoms with Gasteiger partial charge in [0.25, 0.3) is 0 Å². The second-order valence-corrected chi connectivity index (χ2v) is 6.79. The summed E-state index contributed by atoms with van der Waals surface area (Å²) < 4.78 is 10.5. The third kappa shape index (κ3) is 4.82. The largest absolute Gasteiger partial charge is 0.493 e. The van der Waals surface area contributed by atoms with Crippen LogP contribution in [0.25, 0.3) is 0 Å². The lowest BCUT2D eigenvalue weighted by atomic mass is 10.1. The highest BCUT2D eigenvalue weighted by Gasteiger charge is 2.24. The van der Waals surface area contributed by atoms with E-state index in [1.165, 1.54) is 0 Å². The van der Waals surface area contributed by atoms with Gasteiger partial charge >= 0.3 is 0 Å². The van der Waals surface area contributed by atoms with E-state index in [9.17, 15) is 9.59 Å². The summed E-state index contributed by atoms with van der Waals surface area (Å²) in [5.74, 6) is 1.42. The van der Waals surface area contributed by atoms with Gasteiger partial charge in [-0.3, -0.25) is 9.59 Å². The Morgan fingerprint density at radius 2 is 1.29 bits per heavy atom. The molecule has 0 unspecified atom stereocenters. The van der Waals surface area contributed by atoms with Gasteiger partial charge in [-0.25, -0.2) is 0 Å². The fraction of sp³-hybridized carbons (Fsp3) is 0.364. The van der Waals surface area contributed by atoms with Crippen molar-refractivity contribution in [3.63, 3.8) is 0 Å². The standard InChI is InChI=1S/C22H26N2O4/c1-27-19-9-8-18(14-20(19)28-2)16-22(26)24-12-10-23(11-13-24)21(25)15-17-6-4-3-5-7-17/h3-9,14H,10-13,15-16H2,1-2H3. The van der Waals surface area contributed by atoms with Gasteiger partial charge in [-0.15, -0.1) is 0 Å². The lowest BCUT2D eigenvalue weighted by Crippen LogP contribution is -2.51. The molecule has 0 saturated carbocycles. The lowest BCUT2D eigenvalue weighted by Gasteiger charge is -2.35. The zero-order chi connectivity index (χ0) is 19.9. The molecule has 1 aliphatic rings. The fourth-order valence-corrected chi connectivity index (χ4v) is 3.36. The van der Waals surface area contributed by atoms with Crippen molar-refractivity contribution in [2.24, 2.45) is 0 Å². The van der Waals surface area contributed by atoms with Gasteiger partial charge in [-0.2, -0.15) is 0 Å². The molecule has 0 aromatic heterocycles. The molecule has 2 aromatic rings. The predicted molar refractivity (Wildman–Crippen MR) is 107 cm³/mol. The molecule has 0 atom stereocenters. The summed E-state index contributed by atoms with van der Waals surface area (Å²) in [4.78, 5) is 28.8. The highest BCUT2D eigenvalue weighted by atomic mass is 16.5. The Labute approximate surface area is 165 Å². The van der Waals surface area contributed by atoms with Crippen molar-refractivity contribution in [2.75, 3.05) is 40.4 Å². The van der Waals surface area contributed by atoms with Crippen LogP contribution in [-0.2, 0) is 22.4 Å². The molecule has 1 saturated heterocycles. The number of benzene rings is 2. The van der Waals surface area contributed by atoms with Crippen LogP contribution < -0.4 is 9.47 Å². The normalized spacial score (nSPS) is 13.9. The number of hydrogen-bond donors (Lipinski definition) is 0. The molecule has 0 radical (unpaired) electrons. The molecule has 0 spiro atoms. The molecule has 2 aromatic carbocycles. The molecule has 3 rings (SSSR count). The van der Waals surface area contributed by atoms with Crippen LogP contribution in [0.3, 0.4) is 0 Å². The Balaban J connectivity index is 1.52. The molecule has 0 aliphatic carbocycles. The van der Waals surface area contributed by atoms with Crippen molar-refractivity contribution < 1.29 is 19.1 Å². The first-order valence-electron chi connectivity index (χ1n) is 9.41. The number of carbonyl (C=O) groups is 2. The van der Waals surface area contributed by atoms with Crippen molar-refractivity contribution in [1.29, 1.82) is 0 Å². The molecule has 1 heterocycles. The van der Waals surface area contributed by atoms with Gasteiger partial charge in [-0.1, -0.05) is 36.4 Å². The van der Waals surface area contributed by atoms with Gasteiger partial charge in [0, 0.05) is 26.2 Å². The minimum absolute atomic E-state index is 0.0578. The molecular formula is C22H26N2O4. The van der Waals surface area contributed by atoms with Gasteiger partial charge in [0.1, 0.15) is 0 Å². The number of piperazine rings is 1. The van der Waals surface area contributed by atoms with Crippen LogP contribution in [0.15, 0.2) is 48.5 Å². The summed E-state index contributed by atoms with van der Waals surface area (Å²) >= 11 is 0. The van der Waals surface area contributed by atoms with Crippen molar-refractivity contribution in [3.05, 3.63) is 59.7 Å². The number of hydrogen-bond acceptors (Lipinski definition) is 4. The van der Waals surface area contributed by atoms with Crippen molar-refractivity contribution in [1.82, 2.24) is 9.80 Å². The van der Waals surface area contributed by atoms with Gasteiger partial charge < -0.3 is 19.3 Å². The van der Waals surface area contributed by atoms with Gasteiger partial charge in [-0.05, 0) is 23.3 Å². The summed E-state index contributed by atoms with van der Waals surface area (Å²) in [6.45, 7) is 2.27. The quantitative estimate of drug-likeness (QED) is 0.768. The van der Waals surface area contributed by atoms with E-state index in [1.54, 1.807) is 14.2 Å². The smallest absolute Gasteiger partial charge is 0.227 e. The number of rotatable bonds is 6. The first-order chi connectivity index (χ1) is 13.6. The number of methoxy groups -OCH3 is 2. The van der Waals surface area contributed by atoms with Crippen molar-refractivity contribution >= 4 is 11.8 Å². The topological polar surface area (TPSA) is 59.1 Å². The minimum atomic E-state index is 0.0578. The van der Waals surface area contributed by atoms with Crippen LogP contribution in [0.1, 0.15) is 11.1 Å². The van der Waals surface area contributed by atoms with E-state index in [2.05, 4.69) is 0 Å². The number of carbonyl (C=O) groups excluding carboxylic acids is 2. The highest BCUT2D eigenvalue weighted by Crippen LogP contribution is 2.27. The van der Waals surface area contributed by atoms with Crippen LogP contribution in [0.4, 0.5) is 0 Å². The molecule has 0 N–H and O–H groups in total.